The van der Waals surface area contributed by atoms with Crippen molar-refractivity contribution in [2.75, 3.05) is 57.9 Å². The van der Waals surface area contributed by atoms with Crippen molar-refractivity contribution in [1.82, 2.24) is 20.1 Å². The Morgan fingerprint density at radius 2 is 1.95 bits per heavy atom. The third kappa shape index (κ3) is 7.20. The van der Waals surface area contributed by atoms with E-state index in [0.717, 1.165) is 42.6 Å². The van der Waals surface area contributed by atoms with Crippen molar-refractivity contribution < 1.29 is 19.1 Å². The number of nitriles is 1. The van der Waals surface area contributed by atoms with Gasteiger partial charge in [0, 0.05) is 49.2 Å². The number of thiazole rings is 1. The molecule has 1 aromatic heterocycles. The fourth-order valence-electron chi connectivity index (χ4n) is 4.78. The maximum absolute atomic E-state index is 13.6. The first-order chi connectivity index (χ1) is 18.8. The number of anilines is 1. The van der Waals surface area contributed by atoms with Crippen LogP contribution in [0.4, 0.5) is 5.13 Å². The van der Waals surface area contributed by atoms with E-state index in [9.17, 15) is 14.4 Å². The number of carbonyl (C=O) groups excluding carboxylic acids is 3. The second kappa shape index (κ2) is 13.2. The van der Waals surface area contributed by atoms with E-state index in [2.05, 4.69) is 22.2 Å². The number of benzene rings is 1. The number of aromatic nitrogens is 1. The van der Waals surface area contributed by atoms with Crippen molar-refractivity contribution in [1.29, 1.82) is 5.26 Å². The number of nitrogens with zero attached hydrogens (tertiary/aromatic N) is 5. The predicted octanol–water partition coefficient (Wildman–Crippen LogP) is 2.42. The normalized spacial score (nSPS) is 18.7. The van der Waals surface area contributed by atoms with E-state index in [1.165, 1.54) is 4.90 Å². The number of amides is 2. The van der Waals surface area contributed by atoms with E-state index >= 15 is 0 Å². The first-order valence-corrected chi connectivity index (χ1v) is 14.2. The van der Waals surface area contributed by atoms with Crippen LogP contribution in [-0.2, 0) is 14.3 Å². The van der Waals surface area contributed by atoms with Gasteiger partial charge in [-0.1, -0.05) is 26.0 Å². The van der Waals surface area contributed by atoms with Gasteiger partial charge in [-0.05, 0) is 31.5 Å². The lowest BCUT2D eigenvalue weighted by atomic mass is 10.0. The van der Waals surface area contributed by atoms with Crippen LogP contribution in [0.25, 0.3) is 11.3 Å². The molecule has 2 saturated heterocycles. The summed E-state index contributed by atoms with van der Waals surface area (Å²) in [5.74, 6) is -0.809. The third-order valence-corrected chi connectivity index (χ3v) is 7.94. The zero-order valence-electron chi connectivity index (χ0n) is 22.8. The molecule has 0 spiro atoms. The van der Waals surface area contributed by atoms with Gasteiger partial charge in [-0.15, -0.1) is 11.3 Å². The molecule has 2 atom stereocenters. The molecule has 2 fully saturated rings. The van der Waals surface area contributed by atoms with Crippen LogP contribution >= 0.6 is 11.3 Å². The zero-order valence-corrected chi connectivity index (χ0v) is 23.6. The number of likely N-dealkylation sites (N-methyl/N-ethyl adjacent to an activating group) is 1. The molecule has 0 radical (unpaired) electrons. The molecule has 39 heavy (non-hydrogen) atoms. The van der Waals surface area contributed by atoms with Crippen molar-refractivity contribution in [2.45, 2.75) is 38.8 Å². The molecule has 208 valence electrons. The second-order valence-electron chi connectivity index (χ2n) is 10.5. The van der Waals surface area contributed by atoms with Crippen LogP contribution in [0.15, 0.2) is 29.6 Å². The van der Waals surface area contributed by atoms with Gasteiger partial charge in [-0.3, -0.25) is 14.4 Å². The topological polar surface area (TPSA) is 119 Å². The lowest BCUT2D eigenvalue weighted by Gasteiger charge is -2.32. The lowest BCUT2D eigenvalue weighted by Crippen LogP contribution is -2.54. The van der Waals surface area contributed by atoms with Gasteiger partial charge in [0.05, 0.1) is 24.8 Å². The van der Waals surface area contributed by atoms with Crippen LogP contribution in [0.2, 0.25) is 0 Å². The smallest absolute Gasteiger partial charge is 0.251 e. The molecule has 2 unspecified atom stereocenters. The highest BCUT2D eigenvalue weighted by Gasteiger charge is 2.37. The largest absolute Gasteiger partial charge is 0.371 e. The molecule has 0 bridgehead atoms. The summed E-state index contributed by atoms with van der Waals surface area (Å²) in [5, 5.41) is 15.0. The number of hydrogen-bond donors (Lipinski definition) is 1. The van der Waals surface area contributed by atoms with Crippen LogP contribution in [-0.4, -0.2) is 97.5 Å². The summed E-state index contributed by atoms with van der Waals surface area (Å²) in [6, 6.07) is 7.68. The molecule has 2 amide bonds. The van der Waals surface area contributed by atoms with E-state index < -0.39 is 12.1 Å². The van der Waals surface area contributed by atoms with E-state index in [1.807, 2.05) is 37.4 Å². The van der Waals surface area contributed by atoms with Gasteiger partial charge in [-0.25, -0.2) is 4.98 Å². The van der Waals surface area contributed by atoms with Gasteiger partial charge < -0.3 is 24.8 Å². The van der Waals surface area contributed by atoms with Crippen LogP contribution in [0, 0.1) is 17.2 Å². The highest BCUT2D eigenvalue weighted by molar-refractivity contribution is 7.14. The molecule has 2 aliphatic rings. The average molecular weight is 553 g/mol. The second-order valence-corrected chi connectivity index (χ2v) is 11.3. The predicted molar refractivity (Wildman–Crippen MR) is 150 cm³/mol. The molecule has 10 nitrogen and oxygen atoms in total. The number of carbonyl (C=O) groups is 3. The molecule has 1 aromatic carbocycles. The Morgan fingerprint density at radius 3 is 2.56 bits per heavy atom. The van der Waals surface area contributed by atoms with Gasteiger partial charge in [0.15, 0.2) is 10.9 Å². The molecule has 4 rings (SSSR count). The van der Waals surface area contributed by atoms with Gasteiger partial charge in [0.1, 0.15) is 18.7 Å². The molecule has 0 aliphatic carbocycles. The number of ether oxygens (including phenoxy) is 1. The van der Waals surface area contributed by atoms with Gasteiger partial charge in [0.2, 0.25) is 5.91 Å². The number of ketones is 1. The van der Waals surface area contributed by atoms with E-state index in [4.69, 9.17) is 15.0 Å². The Balaban J connectivity index is 1.45. The summed E-state index contributed by atoms with van der Waals surface area (Å²) >= 11 is 1.62. The molecule has 2 aromatic rings. The van der Waals surface area contributed by atoms with E-state index in [-0.39, 0.29) is 49.7 Å². The third-order valence-electron chi connectivity index (χ3n) is 7.03. The lowest BCUT2D eigenvalue weighted by molar-refractivity contribution is -0.139. The average Bonchev–Trinajstić information content (AvgIpc) is 3.58. The van der Waals surface area contributed by atoms with Crippen molar-refractivity contribution in [3.8, 4) is 17.3 Å². The Bertz CT molecular complexity index is 1200. The summed E-state index contributed by atoms with van der Waals surface area (Å²) in [4.78, 5) is 49.9. The van der Waals surface area contributed by atoms with Crippen LogP contribution in [0.1, 0.15) is 37.0 Å². The van der Waals surface area contributed by atoms with Crippen molar-refractivity contribution in [3.63, 3.8) is 0 Å². The fourth-order valence-corrected chi connectivity index (χ4v) is 5.67. The highest BCUT2D eigenvalue weighted by Crippen LogP contribution is 2.28. The van der Waals surface area contributed by atoms with Crippen molar-refractivity contribution in [3.05, 3.63) is 35.2 Å². The Morgan fingerprint density at radius 1 is 1.23 bits per heavy atom. The Labute approximate surface area is 233 Å². The first kappa shape index (κ1) is 28.7. The summed E-state index contributed by atoms with van der Waals surface area (Å²) in [6.45, 7) is 8.03. The maximum Gasteiger partial charge on any atom is 0.251 e. The van der Waals surface area contributed by atoms with Crippen molar-refractivity contribution >= 4 is 34.1 Å². The molecule has 3 heterocycles. The zero-order chi connectivity index (χ0) is 27.9. The molecule has 2 aliphatic heterocycles. The molecular weight excluding hydrogens is 516 g/mol. The first-order valence-electron chi connectivity index (χ1n) is 13.3. The molecule has 11 heteroatoms. The quantitative estimate of drug-likeness (QED) is 0.477. The van der Waals surface area contributed by atoms with Crippen LogP contribution in [0.5, 0.6) is 0 Å². The SMILES string of the molecule is CC(C)CC(NC(=O)c1ccc(-c2csc(N3CCN(C)CC3)n2)cc1)C(=O)N(CCC#N)C1COCC1=O. The number of piperazine rings is 1. The summed E-state index contributed by atoms with van der Waals surface area (Å²) in [5.41, 5.74) is 2.21. The van der Waals surface area contributed by atoms with Gasteiger partial charge in [0.25, 0.3) is 5.91 Å². The van der Waals surface area contributed by atoms with E-state index in [0.29, 0.717) is 12.0 Å². The number of nitrogens with one attached hydrogen (secondary N) is 1. The summed E-state index contributed by atoms with van der Waals surface area (Å²) in [7, 11) is 2.12. The molecule has 1 N–H and O–H groups in total. The Hall–Kier alpha value is -3.33. The highest BCUT2D eigenvalue weighted by atomic mass is 32.1. The van der Waals surface area contributed by atoms with Gasteiger partial charge in [-0.2, -0.15) is 5.26 Å². The standard InChI is InChI=1S/C28H36N6O4S/c1-19(2)15-22(27(37)34(10-4-9-29)24-16-38-17-25(24)35)30-26(36)21-7-5-20(6-8-21)23-18-39-28(31-23)33-13-11-32(3)12-14-33/h5-8,18-19,22,24H,4,10-17H2,1-3H3,(H,30,36). The monoisotopic (exact) mass is 552 g/mol. The van der Waals surface area contributed by atoms with Crippen molar-refractivity contribution in [2.24, 2.45) is 5.92 Å². The number of rotatable bonds is 10. The van der Waals surface area contributed by atoms with Gasteiger partial charge >= 0.3 is 0 Å². The maximum atomic E-state index is 13.6. The van der Waals surface area contributed by atoms with Crippen LogP contribution in [0.3, 0.4) is 0 Å². The fraction of sp³-hybridized carbons (Fsp3) is 0.536. The number of Topliss-reactive ketones (excluding diaryl/α,β-unsaturated/α-hetero) is 1. The minimum absolute atomic E-state index is 0.0512. The number of hydrogen-bond acceptors (Lipinski definition) is 9. The van der Waals surface area contributed by atoms with Crippen LogP contribution < -0.4 is 10.2 Å². The molecular formula is C28H36N6O4S. The minimum Gasteiger partial charge on any atom is -0.371 e. The molecule has 0 saturated carbocycles. The van der Waals surface area contributed by atoms with E-state index in [1.54, 1.807) is 23.5 Å². The Kier molecular flexibility index (Phi) is 9.67. The summed E-state index contributed by atoms with van der Waals surface area (Å²) in [6.07, 6.45) is 0.494. The minimum atomic E-state index is -0.825. The summed E-state index contributed by atoms with van der Waals surface area (Å²) < 4.78 is 5.26.